The summed E-state index contributed by atoms with van der Waals surface area (Å²) in [5.74, 6) is 0.138. The number of ether oxygens (including phenoxy) is 1. The molecule has 72 valence electrons. The Morgan fingerprint density at radius 3 is 2.50 bits per heavy atom. The van der Waals surface area contributed by atoms with Gasteiger partial charge < -0.3 is 9.84 Å². The molecule has 1 unspecified atom stereocenters. The van der Waals surface area contributed by atoms with Crippen LogP contribution in [0, 0.1) is 11.3 Å². The number of aromatic hydroxyl groups is 1. The van der Waals surface area contributed by atoms with Gasteiger partial charge in [0.05, 0.1) is 0 Å². The molecule has 0 aromatic heterocycles. The van der Waals surface area contributed by atoms with Gasteiger partial charge in [-0.1, -0.05) is 0 Å². The fourth-order valence-electron chi connectivity index (χ4n) is 0.861. The van der Waals surface area contributed by atoms with E-state index in [0.29, 0.717) is 5.75 Å². The fourth-order valence-corrected chi connectivity index (χ4v) is 0.861. The summed E-state index contributed by atoms with van der Waals surface area (Å²) in [7, 11) is 0. The smallest absolute Gasteiger partial charge is 0.241 e. The molecule has 0 aliphatic rings. The first-order valence-corrected chi connectivity index (χ1v) is 3.99. The van der Waals surface area contributed by atoms with E-state index in [0.717, 1.165) is 0 Å². The highest BCUT2D eigenvalue weighted by Crippen LogP contribution is 2.17. The van der Waals surface area contributed by atoms with Crippen LogP contribution in [0.15, 0.2) is 24.3 Å². The molecule has 0 radical (unpaired) electrons. The molecule has 0 bridgehead atoms. The lowest BCUT2D eigenvalue weighted by molar-refractivity contribution is -0.121. The number of Topliss-reactive ketones (excluding diaryl/α,β-unsaturated/α-hetero) is 1. The van der Waals surface area contributed by atoms with Crippen LogP contribution in [0.3, 0.4) is 0 Å². The molecule has 0 heterocycles. The second-order valence-corrected chi connectivity index (χ2v) is 2.73. The summed E-state index contributed by atoms with van der Waals surface area (Å²) in [5.41, 5.74) is 0. The number of hydrogen-bond acceptors (Lipinski definition) is 4. The fraction of sp³-hybridized carbons (Fsp3) is 0.200. The number of nitriles is 1. The molecule has 0 saturated heterocycles. The normalized spacial score (nSPS) is 11.4. The van der Waals surface area contributed by atoms with Gasteiger partial charge in [-0.25, -0.2) is 0 Å². The van der Waals surface area contributed by atoms with Gasteiger partial charge in [0.2, 0.25) is 6.10 Å². The van der Waals surface area contributed by atoms with E-state index in [1.807, 2.05) is 0 Å². The summed E-state index contributed by atoms with van der Waals surface area (Å²) in [4.78, 5) is 10.8. The van der Waals surface area contributed by atoms with Crippen LogP contribution in [-0.2, 0) is 4.79 Å². The Balaban J connectivity index is 2.74. The molecule has 1 aromatic carbocycles. The zero-order chi connectivity index (χ0) is 10.6. The van der Waals surface area contributed by atoms with E-state index in [2.05, 4.69) is 0 Å². The maximum atomic E-state index is 10.8. The molecule has 0 fully saturated rings. The van der Waals surface area contributed by atoms with Gasteiger partial charge in [-0.2, -0.15) is 5.26 Å². The molecule has 14 heavy (non-hydrogen) atoms. The summed E-state index contributed by atoms with van der Waals surface area (Å²) in [6, 6.07) is 7.55. The van der Waals surface area contributed by atoms with E-state index < -0.39 is 6.10 Å². The summed E-state index contributed by atoms with van der Waals surface area (Å²) in [6.07, 6.45) is -1.08. The van der Waals surface area contributed by atoms with Gasteiger partial charge in [-0.05, 0) is 31.2 Å². The summed E-state index contributed by atoms with van der Waals surface area (Å²) < 4.78 is 5.06. The molecule has 0 spiro atoms. The van der Waals surface area contributed by atoms with Crippen LogP contribution in [0.5, 0.6) is 11.5 Å². The number of hydrogen-bond donors (Lipinski definition) is 1. The third kappa shape index (κ3) is 2.49. The highest BCUT2D eigenvalue weighted by atomic mass is 16.5. The van der Waals surface area contributed by atoms with Crippen molar-refractivity contribution in [3.8, 4) is 17.6 Å². The molecular weight excluding hydrogens is 182 g/mol. The molecule has 4 nitrogen and oxygen atoms in total. The third-order valence-corrected chi connectivity index (χ3v) is 1.58. The van der Waals surface area contributed by atoms with Crippen LogP contribution in [0.1, 0.15) is 6.92 Å². The van der Waals surface area contributed by atoms with Crippen molar-refractivity contribution in [2.24, 2.45) is 0 Å². The number of benzene rings is 1. The Labute approximate surface area is 81.4 Å². The van der Waals surface area contributed by atoms with Crippen molar-refractivity contribution >= 4 is 5.78 Å². The zero-order valence-electron chi connectivity index (χ0n) is 7.60. The Morgan fingerprint density at radius 1 is 1.50 bits per heavy atom. The minimum absolute atomic E-state index is 0.105. The first kappa shape index (κ1) is 10.1. The SMILES string of the molecule is CC(=O)C(C#N)Oc1ccc(O)cc1. The van der Waals surface area contributed by atoms with E-state index in [-0.39, 0.29) is 11.5 Å². The number of nitrogens with zero attached hydrogens (tertiary/aromatic N) is 1. The van der Waals surface area contributed by atoms with Gasteiger partial charge in [0.25, 0.3) is 0 Å². The van der Waals surface area contributed by atoms with Crippen LogP contribution in [0.2, 0.25) is 0 Å². The predicted octanol–water partition coefficient (Wildman–Crippen LogP) is 1.25. The van der Waals surface area contributed by atoms with E-state index in [9.17, 15) is 4.79 Å². The van der Waals surface area contributed by atoms with Gasteiger partial charge >= 0.3 is 0 Å². The van der Waals surface area contributed by atoms with Crippen molar-refractivity contribution < 1.29 is 14.6 Å². The number of carbonyl (C=O) groups excluding carboxylic acids is 1. The third-order valence-electron chi connectivity index (χ3n) is 1.58. The Morgan fingerprint density at radius 2 is 2.07 bits per heavy atom. The van der Waals surface area contributed by atoms with Gasteiger partial charge in [-0.15, -0.1) is 0 Å². The van der Waals surface area contributed by atoms with Crippen molar-refractivity contribution in [1.29, 1.82) is 5.26 Å². The van der Waals surface area contributed by atoms with Crippen molar-refractivity contribution in [2.45, 2.75) is 13.0 Å². The number of carbonyl (C=O) groups is 1. The zero-order valence-corrected chi connectivity index (χ0v) is 7.60. The lowest BCUT2D eigenvalue weighted by Crippen LogP contribution is -2.22. The molecule has 0 aliphatic heterocycles. The average molecular weight is 191 g/mol. The summed E-state index contributed by atoms with van der Waals surface area (Å²) in [5, 5.41) is 17.5. The Hall–Kier alpha value is -2.02. The summed E-state index contributed by atoms with van der Waals surface area (Å²) >= 11 is 0. The molecule has 0 amide bonds. The number of ketones is 1. The van der Waals surface area contributed by atoms with E-state index in [1.54, 1.807) is 6.07 Å². The first-order chi connectivity index (χ1) is 6.63. The number of phenols is 1. The second-order valence-electron chi connectivity index (χ2n) is 2.73. The van der Waals surface area contributed by atoms with Crippen LogP contribution >= 0.6 is 0 Å². The van der Waals surface area contributed by atoms with E-state index in [4.69, 9.17) is 15.1 Å². The van der Waals surface area contributed by atoms with Gasteiger partial charge in [0, 0.05) is 0 Å². The molecule has 1 N–H and O–H groups in total. The van der Waals surface area contributed by atoms with Gasteiger partial charge in [0.15, 0.2) is 5.78 Å². The van der Waals surface area contributed by atoms with Crippen molar-refractivity contribution in [2.75, 3.05) is 0 Å². The minimum atomic E-state index is -1.08. The van der Waals surface area contributed by atoms with Gasteiger partial charge in [0.1, 0.15) is 17.6 Å². The van der Waals surface area contributed by atoms with Crippen LogP contribution in [0.25, 0.3) is 0 Å². The van der Waals surface area contributed by atoms with Crippen LogP contribution in [0.4, 0.5) is 0 Å². The van der Waals surface area contributed by atoms with Gasteiger partial charge in [-0.3, -0.25) is 4.79 Å². The minimum Gasteiger partial charge on any atom is -0.508 e. The lowest BCUT2D eigenvalue weighted by atomic mass is 10.2. The largest absolute Gasteiger partial charge is 0.508 e. The van der Waals surface area contributed by atoms with Crippen LogP contribution < -0.4 is 4.74 Å². The number of phenolic OH excluding ortho intramolecular Hbond substituents is 1. The molecule has 1 rings (SSSR count). The molecule has 0 aliphatic carbocycles. The van der Waals surface area contributed by atoms with Crippen molar-refractivity contribution in [3.05, 3.63) is 24.3 Å². The van der Waals surface area contributed by atoms with Crippen molar-refractivity contribution in [1.82, 2.24) is 0 Å². The van der Waals surface area contributed by atoms with Crippen LogP contribution in [-0.4, -0.2) is 17.0 Å². The molecular formula is C10H9NO3. The second kappa shape index (κ2) is 4.28. The molecule has 4 heteroatoms. The lowest BCUT2D eigenvalue weighted by Gasteiger charge is -2.08. The Kier molecular flexibility index (Phi) is 3.08. The average Bonchev–Trinajstić information content (AvgIpc) is 2.16. The first-order valence-electron chi connectivity index (χ1n) is 3.99. The molecule has 1 aromatic rings. The molecule has 0 saturated carbocycles. The predicted molar refractivity (Wildman–Crippen MR) is 48.8 cm³/mol. The monoisotopic (exact) mass is 191 g/mol. The van der Waals surface area contributed by atoms with E-state index >= 15 is 0 Å². The van der Waals surface area contributed by atoms with Crippen molar-refractivity contribution in [3.63, 3.8) is 0 Å². The highest BCUT2D eigenvalue weighted by Gasteiger charge is 2.14. The highest BCUT2D eigenvalue weighted by molar-refractivity contribution is 5.83. The standard InChI is InChI=1S/C10H9NO3/c1-7(12)10(6-11)14-9-4-2-8(13)3-5-9/h2-5,10,13H,1H3. The maximum absolute atomic E-state index is 10.8. The molecule has 1 atom stereocenters. The quantitative estimate of drug-likeness (QED) is 0.780. The summed E-state index contributed by atoms with van der Waals surface area (Å²) in [6.45, 7) is 1.29. The number of rotatable bonds is 3. The topological polar surface area (TPSA) is 70.3 Å². The van der Waals surface area contributed by atoms with E-state index in [1.165, 1.54) is 31.2 Å². The maximum Gasteiger partial charge on any atom is 0.241 e. The Bertz CT molecular complexity index is 364.